The van der Waals surface area contributed by atoms with Crippen LogP contribution >= 0.6 is 31.9 Å². The second kappa shape index (κ2) is 9.75. The first-order valence-corrected chi connectivity index (χ1v) is 11.2. The fraction of sp³-hybridized carbons (Fsp3) is 0.318. The molecule has 0 bridgehead atoms. The number of fused-ring (bicyclic) bond motifs is 1. The Morgan fingerprint density at radius 1 is 1.20 bits per heavy atom. The molecule has 0 fully saturated rings. The molecule has 1 atom stereocenters. The van der Waals surface area contributed by atoms with Crippen molar-refractivity contribution in [3.8, 4) is 11.5 Å². The zero-order valence-electron chi connectivity index (χ0n) is 17.3. The Balaban J connectivity index is 2.16. The van der Waals surface area contributed by atoms with Gasteiger partial charge < -0.3 is 9.47 Å². The summed E-state index contributed by atoms with van der Waals surface area (Å²) in [5.74, 6) is 1.93. The summed E-state index contributed by atoms with van der Waals surface area (Å²) in [5, 5.41) is 5.02. The molecule has 30 heavy (non-hydrogen) atoms. The summed E-state index contributed by atoms with van der Waals surface area (Å²) in [6.45, 7) is 6.54. The molecule has 0 spiro atoms. The van der Waals surface area contributed by atoms with Crippen molar-refractivity contribution in [1.82, 2.24) is 9.66 Å². The van der Waals surface area contributed by atoms with Crippen molar-refractivity contribution in [2.45, 2.75) is 33.1 Å². The Morgan fingerprint density at radius 3 is 2.63 bits per heavy atom. The first-order valence-electron chi connectivity index (χ1n) is 9.66. The first-order chi connectivity index (χ1) is 14.4. The standard InChI is InChI=1S/C22H23Br2N3O3/c1-5-13(3)21-26-18-8-7-15(23)10-16(18)22(28)27(21)25-12-14-9-19(29-4)20(30-6-2)11-17(14)24/h7-13H,5-6H2,1-4H3/t13-/m0/s1. The first kappa shape index (κ1) is 22.5. The summed E-state index contributed by atoms with van der Waals surface area (Å²) in [7, 11) is 1.59. The van der Waals surface area contributed by atoms with Gasteiger partial charge in [-0.3, -0.25) is 4.79 Å². The lowest BCUT2D eigenvalue weighted by Crippen LogP contribution is -2.23. The number of halogens is 2. The zero-order valence-corrected chi connectivity index (χ0v) is 20.4. The number of hydrogen-bond donors (Lipinski definition) is 0. The molecule has 6 nitrogen and oxygen atoms in total. The van der Waals surface area contributed by atoms with E-state index >= 15 is 0 Å². The Kier molecular flexibility index (Phi) is 7.31. The van der Waals surface area contributed by atoms with Crippen LogP contribution in [-0.2, 0) is 0 Å². The SMILES string of the molecule is CCOc1cc(Br)c(C=Nn2c([C@@H](C)CC)nc3ccc(Br)cc3c2=O)cc1OC. The van der Waals surface area contributed by atoms with Crippen LogP contribution in [0.1, 0.15) is 44.5 Å². The van der Waals surface area contributed by atoms with Crippen LogP contribution < -0.4 is 15.0 Å². The van der Waals surface area contributed by atoms with E-state index in [1.165, 1.54) is 4.68 Å². The van der Waals surface area contributed by atoms with Crippen LogP contribution in [0.3, 0.4) is 0 Å². The Morgan fingerprint density at radius 2 is 1.97 bits per heavy atom. The van der Waals surface area contributed by atoms with Gasteiger partial charge in [-0.1, -0.05) is 29.8 Å². The minimum Gasteiger partial charge on any atom is -0.493 e. The molecule has 0 N–H and O–H groups in total. The number of rotatable bonds is 7. The quantitative estimate of drug-likeness (QED) is 0.362. The van der Waals surface area contributed by atoms with Gasteiger partial charge in [0.15, 0.2) is 11.5 Å². The van der Waals surface area contributed by atoms with Crippen molar-refractivity contribution >= 4 is 49.0 Å². The van der Waals surface area contributed by atoms with Gasteiger partial charge in [-0.2, -0.15) is 9.78 Å². The molecule has 0 aliphatic carbocycles. The normalized spacial score (nSPS) is 12.5. The number of hydrogen-bond acceptors (Lipinski definition) is 5. The van der Waals surface area contributed by atoms with Crippen molar-refractivity contribution in [3.05, 3.63) is 61.0 Å². The van der Waals surface area contributed by atoms with Crippen LogP contribution in [0.5, 0.6) is 11.5 Å². The van der Waals surface area contributed by atoms with Gasteiger partial charge in [0, 0.05) is 20.4 Å². The maximum Gasteiger partial charge on any atom is 0.282 e. The molecule has 3 rings (SSSR count). The van der Waals surface area contributed by atoms with Crippen LogP contribution in [0.2, 0.25) is 0 Å². The molecule has 3 aromatic rings. The van der Waals surface area contributed by atoms with E-state index in [0.717, 1.165) is 20.9 Å². The minimum atomic E-state index is -0.207. The van der Waals surface area contributed by atoms with Crippen molar-refractivity contribution in [3.63, 3.8) is 0 Å². The molecule has 0 radical (unpaired) electrons. The number of methoxy groups -OCH3 is 1. The van der Waals surface area contributed by atoms with Gasteiger partial charge >= 0.3 is 0 Å². The second-order valence-corrected chi connectivity index (χ2v) is 8.53. The molecule has 0 saturated carbocycles. The zero-order chi connectivity index (χ0) is 21.8. The van der Waals surface area contributed by atoms with Crippen molar-refractivity contribution in [2.24, 2.45) is 5.10 Å². The molecule has 158 valence electrons. The van der Waals surface area contributed by atoms with E-state index in [-0.39, 0.29) is 11.5 Å². The van der Waals surface area contributed by atoms with Gasteiger partial charge in [0.1, 0.15) is 5.82 Å². The Hall–Kier alpha value is -2.19. The molecule has 1 aromatic heterocycles. The third-order valence-corrected chi connectivity index (χ3v) is 5.96. The molecule has 0 saturated heterocycles. The second-order valence-electron chi connectivity index (χ2n) is 6.76. The van der Waals surface area contributed by atoms with Gasteiger partial charge in [0.25, 0.3) is 5.56 Å². The van der Waals surface area contributed by atoms with E-state index in [2.05, 4.69) is 43.9 Å². The lowest BCUT2D eigenvalue weighted by molar-refractivity contribution is 0.310. The van der Waals surface area contributed by atoms with E-state index in [4.69, 9.17) is 14.5 Å². The summed E-state index contributed by atoms with van der Waals surface area (Å²) >= 11 is 6.97. The number of benzene rings is 2. The summed E-state index contributed by atoms with van der Waals surface area (Å²) in [6.07, 6.45) is 2.46. The van der Waals surface area contributed by atoms with Crippen molar-refractivity contribution < 1.29 is 9.47 Å². The minimum absolute atomic E-state index is 0.0706. The topological polar surface area (TPSA) is 65.7 Å². The summed E-state index contributed by atoms with van der Waals surface area (Å²) < 4.78 is 14.0. The van der Waals surface area contributed by atoms with E-state index in [9.17, 15) is 4.79 Å². The Bertz CT molecular complexity index is 1160. The van der Waals surface area contributed by atoms with Crippen LogP contribution in [-0.4, -0.2) is 29.6 Å². The highest BCUT2D eigenvalue weighted by atomic mass is 79.9. The van der Waals surface area contributed by atoms with Crippen LogP contribution in [0.25, 0.3) is 10.9 Å². The largest absolute Gasteiger partial charge is 0.493 e. The van der Waals surface area contributed by atoms with Gasteiger partial charge in [0.05, 0.1) is 30.8 Å². The third-order valence-electron chi connectivity index (χ3n) is 4.78. The number of aromatic nitrogens is 2. The highest BCUT2D eigenvalue weighted by Crippen LogP contribution is 2.33. The molecule has 0 aliphatic rings. The summed E-state index contributed by atoms with van der Waals surface area (Å²) in [5.41, 5.74) is 1.21. The average molecular weight is 537 g/mol. The van der Waals surface area contributed by atoms with Gasteiger partial charge in [-0.05, 0) is 59.6 Å². The van der Waals surface area contributed by atoms with E-state index in [1.54, 1.807) is 19.4 Å². The maximum atomic E-state index is 13.2. The summed E-state index contributed by atoms with van der Waals surface area (Å²) in [4.78, 5) is 17.9. The van der Waals surface area contributed by atoms with Gasteiger partial charge in [-0.25, -0.2) is 4.98 Å². The number of ether oxygens (including phenoxy) is 2. The third kappa shape index (κ3) is 4.59. The van der Waals surface area contributed by atoms with Crippen LogP contribution in [0, 0.1) is 0 Å². The molecular weight excluding hydrogens is 514 g/mol. The predicted molar refractivity (Wildman–Crippen MR) is 127 cm³/mol. The Labute approximate surface area is 192 Å². The molecule has 8 heteroatoms. The molecule has 0 aliphatic heterocycles. The van der Waals surface area contributed by atoms with Gasteiger partial charge in [0.2, 0.25) is 0 Å². The molecule has 0 amide bonds. The highest BCUT2D eigenvalue weighted by Gasteiger charge is 2.16. The molecule has 0 unspecified atom stereocenters. The van der Waals surface area contributed by atoms with E-state index in [0.29, 0.717) is 34.8 Å². The maximum absolute atomic E-state index is 13.2. The summed E-state index contributed by atoms with van der Waals surface area (Å²) in [6, 6.07) is 9.14. The van der Waals surface area contributed by atoms with Gasteiger partial charge in [-0.15, -0.1) is 0 Å². The van der Waals surface area contributed by atoms with E-state index in [1.807, 2.05) is 38.1 Å². The molecule has 2 aromatic carbocycles. The molecule has 1 heterocycles. The van der Waals surface area contributed by atoms with Crippen LogP contribution in [0.4, 0.5) is 0 Å². The monoisotopic (exact) mass is 535 g/mol. The lowest BCUT2D eigenvalue weighted by Gasteiger charge is -2.14. The van der Waals surface area contributed by atoms with E-state index < -0.39 is 0 Å². The van der Waals surface area contributed by atoms with Crippen molar-refractivity contribution in [1.29, 1.82) is 0 Å². The fourth-order valence-electron chi connectivity index (χ4n) is 2.98. The average Bonchev–Trinajstić information content (AvgIpc) is 2.74. The molecular formula is C22H23Br2N3O3. The number of nitrogens with zero attached hydrogens (tertiary/aromatic N) is 3. The predicted octanol–water partition coefficient (Wildman–Crippen LogP) is 5.72. The fourth-order valence-corrected chi connectivity index (χ4v) is 3.76. The smallest absolute Gasteiger partial charge is 0.282 e. The van der Waals surface area contributed by atoms with Crippen LogP contribution in [0.15, 0.2) is 49.2 Å². The lowest BCUT2D eigenvalue weighted by atomic mass is 10.1. The van der Waals surface area contributed by atoms with Crippen molar-refractivity contribution in [2.75, 3.05) is 13.7 Å². The highest BCUT2D eigenvalue weighted by molar-refractivity contribution is 9.10.